The van der Waals surface area contributed by atoms with Gasteiger partial charge in [-0.15, -0.1) is 0 Å². The van der Waals surface area contributed by atoms with Crippen LogP contribution in [-0.2, 0) is 5.41 Å². The fraction of sp³-hybridized carbons (Fsp3) is 0.222. The van der Waals surface area contributed by atoms with Crippen LogP contribution in [0.5, 0.6) is 0 Å². The number of hydrogen-bond acceptors (Lipinski definition) is 0. The first-order chi connectivity index (χ1) is 27.5. The minimum Gasteiger partial charge on any atom is -0.309 e. The van der Waals surface area contributed by atoms with Gasteiger partial charge < -0.3 is 9.13 Å². The zero-order valence-electron chi connectivity index (χ0n) is 32.1. The number of nitrogens with zero attached hydrogens (tertiary/aromatic N) is 2. The maximum absolute atomic E-state index is 2.59. The van der Waals surface area contributed by atoms with Crippen LogP contribution in [0.25, 0.3) is 77.2 Å². The lowest BCUT2D eigenvalue weighted by molar-refractivity contribution is 0.166. The van der Waals surface area contributed by atoms with Gasteiger partial charge in [-0.25, -0.2) is 0 Å². The van der Waals surface area contributed by atoms with Crippen LogP contribution in [0.3, 0.4) is 0 Å². The molecular weight excluding hydrogens is 677 g/mol. The van der Waals surface area contributed by atoms with Gasteiger partial charge in [0, 0.05) is 38.3 Å². The van der Waals surface area contributed by atoms with Crippen LogP contribution in [0.1, 0.15) is 80.0 Å². The van der Waals surface area contributed by atoms with Crippen molar-refractivity contribution in [3.05, 3.63) is 168 Å². The molecule has 0 amide bonds. The zero-order chi connectivity index (χ0) is 36.9. The van der Waals surface area contributed by atoms with Gasteiger partial charge in [-0.1, -0.05) is 92.7 Å². The van der Waals surface area contributed by atoms with Crippen molar-refractivity contribution in [1.29, 1.82) is 0 Å². The molecule has 270 valence electrons. The van der Waals surface area contributed by atoms with E-state index in [1.165, 1.54) is 120 Å². The van der Waals surface area contributed by atoms with Crippen LogP contribution < -0.4 is 0 Å². The maximum Gasteiger partial charge on any atom is 0.0544 e. The van der Waals surface area contributed by atoms with Gasteiger partial charge in [-0.3, -0.25) is 0 Å². The van der Waals surface area contributed by atoms with Crippen LogP contribution in [0.15, 0.2) is 146 Å². The van der Waals surface area contributed by atoms with E-state index in [0.29, 0.717) is 0 Å². The van der Waals surface area contributed by atoms with Gasteiger partial charge in [0.15, 0.2) is 0 Å². The molecule has 2 heterocycles. The first-order valence-electron chi connectivity index (χ1n) is 20.9. The summed E-state index contributed by atoms with van der Waals surface area (Å²) in [6.45, 7) is 4.76. The van der Waals surface area contributed by atoms with E-state index < -0.39 is 0 Å². The Hall–Kier alpha value is -5.86. The summed E-state index contributed by atoms with van der Waals surface area (Å²) in [6, 6.07) is 55.8. The molecule has 4 bridgehead atoms. The molecule has 14 rings (SSSR count). The predicted molar refractivity (Wildman–Crippen MR) is 234 cm³/mol. The molecule has 2 saturated carbocycles. The molecule has 5 aliphatic carbocycles. The monoisotopic (exact) mass is 720 g/mol. The first-order valence-corrected chi connectivity index (χ1v) is 20.9. The highest BCUT2D eigenvalue weighted by Gasteiger charge is 2.42. The summed E-state index contributed by atoms with van der Waals surface area (Å²) in [6.07, 6.45) is 7.07. The number of fused-ring (bicyclic) bond motifs is 9. The molecule has 0 spiro atoms. The largest absolute Gasteiger partial charge is 0.309 e. The number of rotatable bonds is 3. The number of para-hydroxylation sites is 2. The molecule has 0 N–H and O–H groups in total. The Labute approximate surface area is 328 Å². The molecule has 2 atom stereocenters. The van der Waals surface area contributed by atoms with E-state index in [0.717, 1.165) is 23.7 Å². The summed E-state index contributed by atoms with van der Waals surface area (Å²) >= 11 is 0. The average molecular weight is 721 g/mol. The third-order valence-electron chi connectivity index (χ3n) is 14.8. The molecule has 2 unspecified atom stereocenters. The van der Waals surface area contributed by atoms with Crippen LogP contribution >= 0.6 is 0 Å². The fourth-order valence-corrected chi connectivity index (χ4v) is 12.5. The molecule has 2 nitrogen and oxygen atoms in total. The second kappa shape index (κ2) is 11.1. The molecule has 0 saturated heterocycles. The van der Waals surface area contributed by atoms with Crippen molar-refractivity contribution in [3.8, 4) is 33.6 Å². The van der Waals surface area contributed by atoms with Crippen LogP contribution in [0.2, 0.25) is 0 Å². The summed E-state index contributed by atoms with van der Waals surface area (Å²) in [5, 5.41) is 5.23. The topological polar surface area (TPSA) is 9.86 Å². The third-order valence-corrected chi connectivity index (χ3v) is 14.8. The summed E-state index contributed by atoms with van der Waals surface area (Å²) in [5.74, 6) is 3.35. The van der Waals surface area contributed by atoms with Crippen molar-refractivity contribution in [2.75, 3.05) is 0 Å². The Bertz CT molecular complexity index is 3100. The molecule has 0 radical (unpaired) electrons. The second-order valence-electron chi connectivity index (χ2n) is 18.2. The molecular formula is C54H44N2. The minimum absolute atomic E-state index is 0.0601. The average Bonchev–Trinajstić information content (AvgIpc) is 3.76. The van der Waals surface area contributed by atoms with Gasteiger partial charge in [0.05, 0.1) is 22.1 Å². The SMILES string of the molecule is CC1(C)c2ccccc2-c2cc3c4cc(-c5ccc6c(c5)c5ccccc5n6-c5ccc6c(c5)C5CC7CC(CC6C7)C5)ccc4n(-c4ccccc4)c3cc21. The van der Waals surface area contributed by atoms with E-state index in [9.17, 15) is 0 Å². The van der Waals surface area contributed by atoms with Crippen LogP contribution in [0, 0.1) is 11.8 Å². The van der Waals surface area contributed by atoms with Gasteiger partial charge in [0.2, 0.25) is 0 Å². The predicted octanol–water partition coefficient (Wildman–Crippen LogP) is 14.2. The molecule has 9 aromatic rings. The highest BCUT2D eigenvalue weighted by atomic mass is 15.0. The maximum atomic E-state index is 2.59. The van der Waals surface area contributed by atoms with Gasteiger partial charge >= 0.3 is 0 Å². The number of aromatic nitrogens is 2. The lowest BCUT2D eigenvalue weighted by Crippen LogP contribution is -2.25. The lowest BCUT2D eigenvalue weighted by atomic mass is 9.67. The summed E-state index contributed by atoms with van der Waals surface area (Å²) in [5.41, 5.74) is 18.9. The Morgan fingerprint density at radius 1 is 0.411 bits per heavy atom. The first kappa shape index (κ1) is 31.4. The van der Waals surface area contributed by atoms with Crippen molar-refractivity contribution in [2.45, 2.75) is 63.2 Å². The summed E-state index contributed by atoms with van der Waals surface area (Å²) in [7, 11) is 0. The van der Waals surface area contributed by atoms with Crippen molar-refractivity contribution >= 4 is 43.6 Å². The van der Waals surface area contributed by atoms with E-state index in [1.807, 2.05) is 0 Å². The van der Waals surface area contributed by atoms with Gasteiger partial charge in [0.25, 0.3) is 0 Å². The van der Waals surface area contributed by atoms with Crippen molar-refractivity contribution in [1.82, 2.24) is 9.13 Å². The molecule has 5 aliphatic rings. The highest BCUT2D eigenvalue weighted by molar-refractivity contribution is 6.14. The van der Waals surface area contributed by atoms with E-state index >= 15 is 0 Å². The highest BCUT2D eigenvalue weighted by Crippen LogP contribution is 2.57. The molecule has 2 heteroatoms. The Balaban J connectivity index is 0.994. The molecule has 2 aromatic heterocycles. The van der Waals surface area contributed by atoms with E-state index in [-0.39, 0.29) is 5.41 Å². The second-order valence-corrected chi connectivity index (χ2v) is 18.2. The van der Waals surface area contributed by atoms with Crippen molar-refractivity contribution in [3.63, 3.8) is 0 Å². The summed E-state index contributed by atoms with van der Waals surface area (Å²) in [4.78, 5) is 0. The standard InChI is InChI=1S/C54H44N2/c1-54(2)48-14-8-6-12-41(48)44-30-47-46-28-35(17-21-52(46)55(53(47)31-49(44)54)38-10-4-3-5-11-38)34-16-20-51-45(27-34)42-13-7-9-15-50(42)56(51)39-18-19-40-36-23-32-22-33(24-36)26-37(25-32)43(40)29-39/h3-21,27-33,36-37H,22-26H2,1-2H3. The number of benzene rings is 7. The molecule has 0 aliphatic heterocycles. The van der Waals surface area contributed by atoms with E-state index in [2.05, 4.69) is 169 Å². The normalized spacial score (nSPS) is 21.5. The molecule has 7 aromatic carbocycles. The Morgan fingerprint density at radius 2 is 1.02 bits per heavy atom. The van der Waals surface area contributed by atoms with Crippen LogP contribution in [0.4, 0.5) is 0 Å². The van der Waals surface area contributed by atoms with E-state index in [1.54, 1.807) is 11.1 Å². The van der Waals surface area contributed by atoms with Crippen molar-refractivity contribution < 1.29 is 0 Å². The van der Waals surface area contributed by atoms with Gasteiger partial charge in [0.1, 0.15) is 0 Å². The number of hydrogen-bond donors (Lipinski definition) is 0. The smallest absolute Gasteiger partial charge is 0.0544 e. The zero-order valence-corrected chi connectivity index (χ0v) is 32.1. The molecule has 56 heavy (non-hydrogen) atoms. The van der Waals surface area contributed by atoms with Crippen molar-refractivity contribution in [2.24, 2.45) is 11.8 Å². The Kier molecular flexibility index (Phi) is 6.23. The fourth-order valence-electron chi connectivity index (χ4n) is 12.5. The van der Waals surface area contributed by atoms with Gasteiger partial charge in [-0.2, -0.15) is 0 Å². The quantitative estimate of drug-likeness (QED) is 0.172. The van der Waals surface area contributed by atoms with Gasteiger partial charge in [-0.05, 0) is 167 Å². The van der Waals surface area contributed by atoms with E-state index in [4.69, 9.17) is 0 Å². The minimum atomic E-state index is -0.0601. The molecule has 2 fully saturated rings. The Morgan fingerprint density at radius 3 is 1.79 bits per heavy atom. The summed E-state index contributed by atoms with van der Waals surface area (Å²) < 4.78 is 5.02. The third kappa shape index (κ3) is 4.22. The lowest BCUT2D eigenvalue weighted by Gasteiger charge is -2.38. The van der Waals surface area contributed by atoms with Crippen LogP contribution in [-0.4, -0.2) is 9.13 Å².